The fourth-order valence-corrected chi connectivity index (χ4v) is 6.39. The molecule has 0 radical (unpaired) electrons. The number of carboxylic acid groups (broad SMARTS) is 1. The first-order valence-corrected chi connectivity index (χ1v) is 21.5. The average molecular weight is 687 g/mol. The number of ether oxygens (including phenoxy) is 1. The maximum Gasteiger partial charge on any atom is 0.306 e. The van der Waals surface area contributed by atoms with Gasteiger partial charge < -0.3 is 9.84 Å². The predicted octanol–water partition coefficient (Wildman–Crippen LogP) is 15.0. The molecule has 0 bridgehead atoms. The van der Waals surface area contributed by atoms with Crippen LogP contribution in [0.2, 0.25) is 0 Å². The van der Waals surface area contributed by atoms with E-state index in [1.54, 1.807) is 0 Å². The number of unbranched alkanes of at least 4 members (excludes halogenated alkanes) is 24. The molecule has 0 rings (SSSR count). The SMILES string of the molecule is CCCCCCC/C=C\C/C=C\CCCC(CCCCCCCC(=O)O)OC(=O)CCCCCCCCC/C=C\CCCCCCCCC. The van der Waals surface area contributed by atoms with Crippen molar-refractivity contribution >= 4 is 11.9 Å². The lowest BCUT2D eigenvalue weighted by molar-refractivity contribution is -0.150. The largest absolute Gasteiger partial charge is 0.481 e. The highest BCUT2D eigenvalue weighted by atomic mass is 16.5. The molecule has 0 spiro atoms. The lowest BCUT2D eigenvalue weighted by Crippen LogP contribution is -2.18. The number of carboxylic acids is 1. The maximum absolute atomic E-state index is 12.7. The number of hydrogen-bond acceptors (Lipinski definition) is 3. The summed E-state index contributed by atoms with van der Waals surface area (Å²) in [5.41, 5.74) is 0. The minimum atomic E-state index is -0.706. The van der Waals surface area contributed by atoms with Gasteiger partial charge in [-0.15, -0.1) is 0 Å². The van der Waals surface area contributed by atoms with Crippen molar-refractivity contribution in [1.29, 1.82) is 0 Å². The summed E-state index contributed by atoms with van der Waals surface area (Å²) in [4.78, 5) is 23.4. The van der Waals surface area contributed by atoms with E-state index in [0.29, 0.717) is 6.42 Å². The molecule has 0 aromatic carbocycles. The Bertz CT molecular complexity index is 783. The second kappa shape index (κ2) is 40.6. The highest BCUT2D eigenvalue weighted by Crippen LogP contribution is 2.18. The zero-order valence-electron chi connectivity index (χ0n) is 32.8. The van der Waals surface area contributed by atoms with E-state index in [4.69, 9.17) is 9.84 Å². The minimum Gasteiger partial charge on any atom is -0.481 e. The van der Waals surface area contributed by atoms with E-state index < -0.39 is 5.97 Å². The van der Waals surface area contributed by atoms with Crippen LogP contribution in [-0.4, -0.2) is 23.1 Å². The highest BCUT2D eigenvalue weighted by molar-refractivity contribution is 5.69. The number of carbonyl (C=O) groups is 2. The summed E-state index contributed by atoms with van der Waals surface area (Å²) in [7, 11) is 0. The summed E-state index contributed by atoms with van der Waals surface area (Å²) in [6.07, 6.45) is 53.1. The quantitative estimate of drug-likeness (QED) is 0.0397. The van der Waals surface area contributed by atoms with Crippen molar-refractivity contribution in [1.82, 2.24) is 0 Å². The standard InChI is InChI=1S/C45H82O4/c1-3-5-7-9-11-13-15-17-18-19-20-21-23-25-27-29-34-38-42-45(48)49-43(40-36-32-30-33-37-41-44(46)47)39-35-31-28-26-24-22-16-14-12-10-8-6-4-2/h16,18-19,22,26,28,43H,3-15,17,20-21,23-25,27,29-42H2,1-2H3,(H,46,47)/b19-18-,22-16-,28-26-. The Balaban J connectivity index is 4.05. The van der Waals surface area contributed by atoms with E-state index in [9.17, 15) is 9.59 Å². The van der Waals surface area contributed by atoms with E-state index in [-0.39, 0.29) is 18.5 Å². The number of allylic oxidation sites excluding steroid dienone is 6. The molecule has 0 aromatic rings. The van der Waals surface area contributed by atoms with Crippen LogP contribution in [0.5, 0.6) is 0 Å². The minimum absolute atomic E-state index is 0.0112. The van der Waals surface area contributed by atoms with Gasteiger partial charge in [-0.3, -0.25) is 9.59 Å². The summed E-state index contributed by atoms with van der Waals surface area (Å²) in [6, 6.07) is 0. The van der Waals surface area contributed by atoms with E-state index in [1.165, 1.54) is 128 Å². The first-order valence-electron chi connectivity index (χ1n) is 21.5. The number of esters is 1. The summed E-state index contributed by atoms with van der Waals surface area (Å²) < 4.78 is 5.99. The summed E-state index contributed by atoms with van der Waals surface area (Å²) in [5, 5.41) is 8.83. The molecule has 4 heteroatoms. The lowest BCUT2D eigenvalue weighted by Gasteiger charge is -2.18. The van der Waals surface area contributed by atoms with Crippen LogP contribution < -0.4 is 0 Å². The van der Waals surface area contributed by atoms with Crippen LogP contribution in [0.25, 0.3) is 0 Å². The molecule has 0 heterocycles. The van der Waals surface area contributed by atoms with Crippen LogP contribution >= 0.6 is 0 Å². The molecule has 0 saturated carbocycles. The summed E-state index contributed by atoms with van der Waals surface area (Å²) in [6.45, 7) is 4.54. The fourth-order valence-electron chi connectivity index (χ4n) is 6.39. The highest BCUT2D eigenvalue weighted by Gasteiger charge is 2.14. The fraction of sp³-hybridized carbons (Fsp3) is 0.822. The van der Waals surface area contributed by atoms with Crippen LogP contribution in [0.15, 0.2) is 36.5 Å². The van der Waals surface area contributed by atoms with Gasteiger partial charge in [0.2, 0.25) is 0 Å². The second-order valence-corrected chi connectivity index (χ2v) is 14.5. The Morgan fingerprint density at radius 1 is 0.449 bits per heavy atom. The molecule has 4 nitrogen and oxygen atoms in total. The zero-order chi connectivity index (χ0) is 35.7. The average Bonchev–Trinajstić information content (AvgIpc) is 3.09. The van der Waals surface area contributed by atoms with Crippen molar-refractivity contribution in [3.05, 3.63) is 36.5 Å². The first-order chi connectivity index (χ1) is 24.1. The topological polar surface area (TPSA) is 63.6 Å². The van der Waals surface area contributed by atoms with Crippen molar-refractivity contribution in [3.63, 3.8) is 0 Å². The van der Waals surface area contributed by atoms with E-state index in [0.717, 1.165) is 77.0 Å². The Morgan fingerprint density at radius 2 is 0.816 bits per heavy atom. The molecule has 0 aliphatic heterocycles. The van der Waals surface area contributed by atoms with Gasteiger partial charge in [-0.2, -0.15) is 0 Å². The summed E-state index contributed by atoms with van der Waals surface area (Å²) >= 11 is 0. The molecule has 0 aliphatic carbocycles. The van der Waals surface area contributed by atoms with E-state index in [1.807, 2.05) is 0 Å². The van der Waals surface area contributed by atoms with Crippen LogP contribution in [0.4, 0.5) is 0 Å². The van der Waals surface area contributed by atoms with Crippen LogP contribution in [0.1, 0.15) is 232 Å². The van der Waals surface area contributed by atoms with Gasteiger partial charge in [-0.05, 0) is 89.9 Å². The van der Waals surface area contributed by atoms with Gasteiger partial charge >= 0.3 is 11.9 Å². The predicted molar refractivity (Wildman–Crippen MR) is 213 cm³/mol. The first kappa shape index (κ1) is 47.2. The van der Waals surface area contributed by atoms with Crippen molar-refractivity contribution in [2.75, 3.05) is 0 Å². The molecule has 1 unspecified atom stereocenters. The van der Waals surface area contributed by atoms with Crippen LogP contribution in [-0.2, 0) is 14.3 Å². The van der Waals surface area contributed by atoms with Gasteiger partial charge in [0, 0.05) is 12.8 Å². The van der Waals surface area contributed by atoms with E-state index >= 15 is 0 Å². The summed E-state index contributed by atoms with van der Waals surface area (Å²) in [5.74, 6) is -0.729. The molecular weight excluding hydrogens is 604 g/mol. The molecule has 0 fully saturated rings. The number of carbonyl (C=O) groups excluding carboxylic acids is 1. The second-order valence-electron chi connectivity index (χ2n) is 14.5. The third kappa shape index (κ3) is 40.5. The number of hydrogen-bond donors (Lipinski definition) is 1. The molecule has 286 valence electrons. The van der Waals surface area contributed by atoms with Gasteiger partial charge in [-0.25, -0.2) is 0 Å². The van der Waals surface area contributed by atoms with Crippen molar-refractivity contribution in [2.24, 2.45) is 0 Å². The third-order valence-corrected chi connectivity index (χ3v) is 9.58. The van der Waals surface area contributed by atoms with Gasteiger partial charge in [0.05, 0.1) is 0 Å². The Hall–Kier alpha value is -1.84. The van der Waals surface area contributed by atoms with Crippen molar-refractivity contribution in [3.8, 4) is 0 Å². The monoisotopic (exact) mass is 687 g/mol. The number of aliphatic carboxylic acids is 1. The zero-order valence-corrected chi connectivity index (χ0v) is 32.8. The Labute approximate surface area is 305 Å². The Morgan fingerprint density at radius 3 is 1.31 bits per heavy atom. The maximum atomic E-state index is 12.7. The molecule has 0 saturated heterocycles. The molecular formula is C45H82O4. The molecule has 0 aliphatic rings. The van der Waals surface area contributed by atoms with Crippen molar-refractivity contribution in [2.45, 2.75) is 238 Å². The molecule has 0 amide bonds. The molecule has 0 aromatic heterocycles. The number of rotatable bonds is 39. The van der Waals surface area contributed by atoms with Crippen molar-refractivity contribution < 1.29 is 19.4 Å². The molecule has 1 N–H and O–H groups in total. The lowest BCUT2D eigenvalue weighted by atomic mass is 10.0. The van der Waals surface area contributed by atoms with Crippen LogP contribution in [0, 0.1) is 0 Å². The third-order valence-electron chi connectivity index (χ3n) is 9.58. The van der Waals surface area contributed by atoms with Crippen LogP contribution in [0.3, 0.4) is 0 Å². The van der Waals surface area contributed by atoms with Gasteiger partial charge in [-0.1, -0.05) is 166 Å². The van der Waals surface area contributed by atoms with Gasteiger partial charge in [0.15, 0.2) is 0 Å². The molecule has 1 atom stereocenters. The molecule has 49 heavy (non-hydrogen) atoms. The van der Waals surface area contributed by atoms with Gasteiger partial charge in [0.25, 0.3) is 0 Å². The smallest absolute Gasteiger partial charge is 0.306 e. The Kier molecular flexibility index (Phi) is 39.1. The van der Waals surface area contributed by atoms with E-state index in [2.05, 4.69) is 50.3 Å². The van der Waals surface area contributed by atoms with Gasteiger partial charge in [0.1, 0.15) is 6.10 Å². The normalized spacial score (nSPS) is 12.5.